The van der Waals surface area contributed by atoms with Crippen LogP contribution in [0, 0.1) is 0 Å². The number of nitrogens with zero attached hydrogens (tertiary/aromatic N) is 2. The van der Waals surface area contributed by atoms with E-state index in [1.165, 1.54) is 0 Å². The smallest absolute Gasteiger partial charge is 0.251 e. The molecule has 4 heteroatoms. The second kappa shape index (κ2) is 5.47. The maximum atomic E-state index is 11.9. The number of methoxy groups -OCH3 is 1. The van der Waals surface area contributed by atoms with E-state index in [2.05, 4.69) is 18.7 Å². The summed E-state index contributed by atoms with van der Waals surface area (Å²) in [5.74, 6) is 0.111. The first kappa shape index (κ1) is 12.5. The molecule has 15 heavy (non-hydrogen) atoms. The summed E-state index contributed by atoms with van der Waals surface area (Å²) in [6.45, 7) is 9.80. The molecule has 1 rings (SSSR count). The highest BCUT2D eigenvalue weighted by atomic mass is 16.5. The van der Waals surface area contributed by atoms with Crippen molar-refractivity contribution in [3.8, 4) is 0 Å². The largest absolute Gasteiger partial charge is 0.372 e. The van der Waals surface area contributed by atoms with Crippen molar-refractivity contribution in [1.29, 1.82) is 0 Å². The van der Waals surface area contributed by atoms with Crippen LogP contribution in [0.2, 0.25) is 0 Å². The second-order valence-electron chi connectivity index (χ2n) is 4.14. The maximum absolute atomic E-state index is 11.9. The lowest BCUT2D eigenvalue weighted by Crippen LogP contribution is -2.55. The van der Waals surface area contributed by atoms with E-state index in [0.29, 0.717) is 6.04 Å². The topological polar surface area (TPSA) is 32.8 Å². The minimum Gasteiger partial charge on any atom is -0.372 e. The summed E-state index contributed by atoms with van der Waals surface area (Å²) in [6.07, 6.45) is -0.314. The van der Waals surface area contributed by atoms with Crippen LogP contribution < -0.4 is 0 Å². The predicted octanol–water partition coefficient (Wildman–Crippen LogP) is 0.574. The first-order chi connectivity index (χ1) is 7.10. The molecular weight excluding hydrogens is 192 g/mol. The van der Waals surface area contributed by atoms with Gasteiger partial charge in [0.2, 0.25) is 0 Å². The number of carbonyl (C=O) groups is 1. The Labute approximate surface area is 92.2 Å². The molecule has 1 aliphatic heterocycles. The van der Waals surface area contributed by atoms with Gasteiger partial charge in [0.15, 0.2) is 0 Å². The molecule has 1 amide bonds. The average Bonchev–Trinajstić information content (AvgIpc) is 2.26. The van der Waals surface area contributed by atoms with Crippen molar-refractivity contribution < 1.29 is 9.53 Å². The highest BCUT2D eigenvalue weighted by molar-refractivity contribution is 5.80. The molecule has 0 spiro atoms. The molecular formula is C11H22N2O2. The van der Waals surface area contributed by atoms with Crippen LogP contribution >= 0.6 is 0 Å². The standard InChI is InChI=1S/C11H22N2O2/c1-5-12-6-7-13(8-9(12)2)11(14)10(3)15-4/h9-10H,5-8H2,1-4H3. The lowest BCUT2D eigenvalue weighted by molar-refractivity contribution is -0.143. The minimum absolute atomic E-state index is 0.111. The van der Waals surface area contributed by atoms with Crippen molar-refractivity contribution in [3.05, 3.63) is 0 Å². The first-order valence-corrected chi connectivity index (χ1v) is 5.65. The molecule has 1 heterocycles. The Morgan fingerprint density at radius 1 is 1.53 bits per heavy atom. The number of piperazine rings is 1. The van der Waals surface area contributed by atoms with E-state index < -0.39 is 0 Å². The van der Waals surface area contributed by atoms with Crippen LogP contribution in [-0.4, -0.2) is 61.1 Å². The second-order valence-corrected chi connectivity index (χ2v) is 4.14. The fraction of sp³-hybridized carbons (Fsp3) is 0.909. The third-order valence-electron chi connectivity index (χ3n) is 3.18. The normalized spacial score (nSPS) is 25.3. The van der Waals surface area contributed by atoms with Crippen molar-refractivity contribution in [1.82, 2.24) is 9.80 Å². The molecule has 1 saturated heterocycles. The van der Waals surface area contributed by atoms with Crippen LogP contribution in [0.4, 0.5) is 0 Å². The van der Waals surface area contributed by atoms with Crippen molar-refractivity contribution in [2.75, 3.05) is 33.3 Å². The van der Waals surface area contributed by atoms with Crippen LogP contribution in [0.15, 0.2) is 0 Å². The van der Waals surface area contributed by atoms with Crippen molar-refractivity contribution >= 4 is 5.91 Å². The molecule has 0 aromatic heterocycles. The molecule has 88 valence electrons. The van der Waals surface area contributed by atoms with Crippen LogP contribution in [0.3, 0.4) is 0 Å². The minimum atomic E-state index is -0.314. The first-order valence-electron chi connectivity index (χ1n) is 5.65. The zero-order valence-electron chi connectivity index (χ0n) is 10.2. The van der Waals surface area contributed by atoms with Gasteiger partial charge in [-0.2, -0.15) is 0 Å². The van der Waals surface area contributed by atoms with Gasteiger partial charge in [-0.15, -0.1) is 0 Å². The highest BCUT2D eigenvalue weighted by Gasteiger charge is 2.27. The zero-order valence-corrected chi connectivity index (χ0v) is 10.2. The summed E-state index contributed by atoms with van der Waals surface area (Å²) in [5, 5.41) is 0. The number of carbonyl (C=O) groups excluding carboxylic acids is 1. The average molecular weight is 214 g/mol. The number of hydrogen-bond acceptors (Lipinski definition) is 3. The van der Waals surface area contributed by atoms with E-state index in [0.717, 1.165) is 26.2 Å². The molecule has 0 aromatic carbocycles. The van der Waals surface area contributed by atoms with Crippen LogP contribution in [0.1, 0.15) is 20.8 Å². The number of amides is 1. The van der Waals surface area contributed by atoms with Gasteiger partial charge in [-0.05, 0) is 20.4 Å². The summed E-state index contributed by atoms with van der Waals surface area (Å²) in [4.78, 5) is 16.1. The lowest BCUT2D eigenvalue weighted by atomic mass is 10.1. The highest BCUT2D eigenvalue weighted by Crippen LogP contribution is 2.10. The summed E-state index contributed by atoms with van der Waals surface area (Å²) < 4.78 is 5.05. The Balaban J connectivity index is 2.50. The lowest BCUT2D eigenvalue weighted by Gasteiger charge is -2.40. The third kappa shape index (κ3) is 2.92. The molecule has 0 aromatic rings. The van der Waals surface area contributed by atoms with Gasteiger partial charge in [0.25, 0.3) is 5.91 Å². The molecule has 4 nitrogen and oxygen atoms in total. The Kier molecular flexibility index (Phi) is 4.54. The van der Waals surface area contributed by atoms with Crippen LogP contribution in [0.5, 0.6) is 0 Å². The van der Waals surface area contributed by atoms with E-state index in [1.54, 1.807) is 14.0 Å². The van der Waals surface area contributed by atoms with Gasteiger partial charge in [0.1, 0.15) is 6.10 Å². The molecule has 2 unspecified atom stereocenters. The van der Waals surface area contributed by atoms with Crippen molar-refractivity contribution in [2.24, 2.45) is 0 Å². The predicted molar refractivity (Wildman–Crippen MR) is 59.8 cm³/mol. The maximum Gasteiger partial charge on any atom is 0.251 e. The van der Waals surface area contributed by atoms with E-state index in [-0.39, 0.29) is 12.0 Å². The fourth-order valence-corrected chi connectivity index (χ4v) is 2.02. The van der Waals surface area contributed by atoms with Gasteiger partial charge < -0.3 is 9.64 Å². The molecule has 0 saturated carbocycles. The molecule has 0 bridgehead atoms. The molecule has 1 fully saturated rings. The third-order valence-corrected chi connectivity index (χ3v) is 3.18. The fourth-order valence-electron chi connectivity index (χ4n) is 2.02. The van der Waals surface area contributed by atoms with Gasteiger partial charge in [0.05, 0.1) is 0 Å². The Hall–Kier alpha value is -0.610. The van der Waals surface area contributed by atoms with Crippen molar-refractivity contribution in [2.45, 2.75) is 32.9 Å². The van der Waals surface area contributed by atoms with E-state index in [9.17, 15) is 4.79 Å². The quantitative estimate of drug-likeness (QED) is 0.689. The van der Waals surface area contributed by atoms with Gasteiger partial charge in [-0.3, -0.25) is 9.69 Å². The molecule has 0 N–H and O–H groups in total. The van der Waals surface area contributed by atoms with E-state index >= 15 is 0 Å². The number of hydrogen-bond donors (Lipinski definition) is 0. The molecule has 2 atom stereocenters. The van der Waals surface area contributed by atoms with Crippen LogP contribution in [0.25, 0.3) is 0 Å². The molecule has 0 aliphatic carbocycles. The number of rotatable bonds is 3. The van der Waals surface area contributed by atoms with Gasteiger partial charge in [-0.25, -0.2) is 0 Å². The van der Waals surface area contributed by atoms with E-state index in [1.807, 2.05) is 4.90 Å². The Morgan fingerprint density at radius 2 is 2.20 bits per heavy atom. The van der Waals surface area contributed by atoms with E-state index in [4.69, 9.17) is 4.74 Å². The summed E-state index contributed by atoms with van der Waals surface area (Å²) in [7, 11) is 1.58. The summed E-state index contributed by atoms with van der Waals surface area (Å²) >= 11 is 0. The summed E-state index contributed by atoms with van der Waals surface area (Å²) in [5.41, 5.74) is 0. The Morgan fingerprint density at radius 3 is 2.67 bits per heavy atom. The zero-order chi connectivity index (χ0) is 11.4. The number of likely N-dealkylation sites (N-methyl/N-ethyl adjacent to an activating group) is 1. The number of ether oxygens (including phenoxy) is 1. The van der Waals surface area contributed by atoms with Crippen molar-refractivity contribution in [3.63, 3.8) is 0 Å². The van der Waals surface area contributed by atoms with Gasteiger partial charge in [0, 0.05) is 32.8 Å². The van der Waals surface area contributed by atoms with Gasteiger partial charge >= 0.3 is 0 Å². The Bertz CT molecular complexity index is 221. The monoisotopic (exact) mass is 214 g/mol. The summed E-state index contributed by atoms with van der Waals surface area (Å²) in [6, 6.07) is 0.455. The van der Waals surface area contributed by atoms with Crippen LogP contribution in [-0.2, 0) is 9.53 Å². The molecule has 1 aliphatic rings. The van der Waals surface area contributed by atoms with Gasteiger partial charge in [-0.1, -0.05) is 6.92 Å². The molecule has 0 radical (unpaired) electrons. The SMILES string of the molecule is CCN1CCN(C(=O)C(C)OC)CC1C.